The van der Waals surface area contributed by atoms with Gasteiger partial charge in [0.25, 0.3) is 5.91 Å². The number of benzene rings is 1. The lowest BCUT2D eigenvalue weighted by molar-refractivity contribution is 0.0918. The van der Waals surface area contributed by atoms with Crippen LogP contribution in [0.3, 0.4) is 0 Å². The third-order valence-corrected chi connectivity index (χ3v) is 4.56. The topological polar surface area (TPSA) is 49.3 Å². The van der Waals surface area contributed by atoms with Crippen LogP contribution in [0.2, 0.25) is 0 Å². The zero-order valence-electron chi connectivity index (χ0n) is 10.8. The van der Waals surface area contributed by atoms with Gasteiger partial charge in [0.2, 0.25) is 0 Å². The van der Waals surface area contributed by atoms with E-state index in [1.54, 1.807) is 11.8 Å². The summed E-state index contributed by atoms with van der Waals surface area (Å²) in [6, 6.07) is 9.82. The average molecular weight is 295 g/mol. The fourth-order valence-electron chi connectivity index (χ4n) is 1.75. The quantitative estimate of drug-likeness (QED) is 0.861. The minimum Gasteiger partial charge on any atom is -0.391 e. The molecule has 0 aliphatic rings. The first-order valence-corrected chi connectivity index (χ1v) is 8.35. The Kier molecular flexibility index (Phi) is 5.24. The number of amides is 1. The van der Waals surface area contributed by atoms with Gasteiger partial charge in [0.1, 0.15) is 0 Å². The predicted molar refractivity (Wildman–Crippen MR) is 83.2 cm³/mol. The van der Waals surface area contributed by atoms with E-state index in [-0.39, 0.29) is 5.91 Å². The second-order valence-corrected chi connectivity index (χ2v) is 6.36. The Morgan fingerprint density at radius 2 is 2.26 bits per heavy atom. The van der Waals surface area contributed by atoms with Crippen LogP contribution in [-0.4, -0.2) is 35.7 Å². The number of rotatable bonds is 6. The van der Waals surface area contributed by atoms with Crippen molar-refractivity contribution < 1.29 is 9.90 Å². The van der Waals surface area contributed by atoms with Gasteiger partial charge in [-0.05, 0) is 35.9 Å². The van der Waals surface area contributed by atoms with Crippen LogP contribution in [0.15, 0.2) is 30.3 Å². The van der Waals surface area contributed by atoms with E-state index in [9.17, 15) is 9.90 Å². The van der Waals surface area contributed by atoms with Crippen LogP contribution in [-0.2, 0) is 0 Å². The number of carbonyl (C=O) groups excluding carboxylic acids is 1. The minimum atomic E-state index is -0.467. The van der Waals surface area contributed by atoms with Gasteiger partial charge in [0.05, 0.1) is 11.0 Å². The number of carbonyl (C=O) groups is 1. The molecule has 1 amide bonds. The Hall–Kier alpha value is -1.04. The summed E-state index contributed by atoms with van der Waals surface area (Å²) in [5.41, 5.74) is 0. The van der Waals surface area contributed by atoms with E-state index in [1.165, 1.54) is 11.3 Å². The first-order valence-electron chi connectivity index (χ1n) is 6.14. The smallest absolute Gasteiger partial charge is 0.261 e. The molecule has 19 heavy (non-hydrogen) atoms. The fourth-order valence-corrected chi connectivity index (χ4v) is 3.23. The van der Waals surface area contributed by atoms with Gasteiger partial charge in [-0.1, -0.05) is 18.2 Å². The average Bonchev–Trinajstić information content (AvgIpc) is 2.86. The predicted octanol–water partition coefficient (Wildman–Crippen LogP) is 2.75. The molecule has 0 fully saturated rings. The molecule has 1 heterocycles. The highest BCUT2D eigenvalue weighted by molar-refractivity contribution is 7.98. The van der Waals surface area contributed by atoms with E-state index in [0.717, 1.165) is 15.8 Å². The second-order valence-electron chi connectivity index (χ2n) is 4.29. The Bertz CT molecular complexity index is 520. The van der Waals surface area contributed by atoms with Gasteiger partial charge < -0.3 is 10.4 Å². The lowest BCUT2D eigenvalue weighted by Gasteiger charge is -2.10. The molecule has 1 unspecified atom stereocenters. The number of nitrogens with one attached hydrogen (secondary N) is 1. The molecule has 1 aromatic carbocycles. The second kappa shape index (κ2) is 6.93. The van der Waals surface area contributed by atoms with Gasteiger partial charge in [-0.15, -0.1) is 11.3 Å². The summed E-state index contributed by atoms with van der Waals surface area (Å²) < 4.78 is 1.11. The molecule has 0 aliphatic heterocycles. The van der Waals surface area contributed by atoms with Crippen molar-refractivity contribution in [1.29, 1.82) is 0 Å². The van der Waals surface area contributed by atoms with Crippen LogP contribution < -0.4 is 5.32 Å². The number of aliphatic hydroxyl groups excluding tert-OH is 1. The van der Waals surface area contributed by atoms with E-state index in [1.807, 2.05) is 36.6 Å². The highest BCUT2D eigenvalue weighted by Crippen LogP contribution is 2.24. The van der Waals surface area contributed by atoms with E-state index >= 15 is 0 Å². The molecule has 102 valence electrons. The lowest BCUT2D eigenvalue weighted by Crippen LogP contribution is -2.31. The number of thiophene rings is 1. The molecule has 1 atom stereocenters. The molecule has 0 saturated carbocycles. The molecule has 0 bridgehead atoms. The summed E-state index contributed by atoms with van der Waals surface area (Å²) in [6.45, 7) is 0.313. The monoisotopic (exact) mass is 295 g/mol. The maximum absolute atomic E-state index is 12.0. The van der Waals surface area contributed by atoms with Crippen LogP contribution in [0.5, 0.6) is 0 Å². The summed E-state index contributed by atoms with van der Waals surface area (Å²) >= 11 is 3.17. The molecule has 5 heteroatoms. The van der Waals surface area contributed by atoms with Crippen LogP contribution in [0.25, 0.3) is 10.1 Å². The summed E-state index contributed by atoms with van der Waals surface area (Å²) in [5, 5.41) is 13.6. The van der Waals surface area contributed by atoms with Crippen molar-refractivity contribution in [3.05, 3.63) is 35.2 Å². The van der Waals surface area contributed by atoms with E-state index < -0.39 is 6.10 Å². The Morgan fingerprint density at radius 1 is 1.47 bits per heavy atom. The third kappa shape index (κ3) is 3.96. The fraction of sp³-hybridized carbons (Fsp3) is 0.357. The van der Waals surface area contributed by atoms with Gasteiger partial charge in [-0.25, -0.2) is 0 Å². The van der Waals surface area contributed by atoms with Crippen molar-refractivity contribution in [2.75, 3.05) is 18.6 Å². The summed E-state index contributed by atoms with van der Waals surface area (Å²) in [7, 11) is 0. The molecule has 0 spiro atoms. The Balaban J connectivity index is 1.92. The van der Waals surface area contributed by atoms with Gasteiger partial charge in [-0.2, -0.15) is 11.8 Å². The summed E-state index contributed by atoms with van der Waals surface area (Å²) in [5.74, 6) is 0.796. The van der Waals surface area contributed by atoms with Crippen LogP contribution in [0.1, 0.15) is 16.1 Å². The Morgan fingerprint density at radius 3 is 3.00 bits per heavy atom. The van der Waals surface area contributed by atoms with Gasteiger partial charge in [0, 0.05) is 11.2 Å². The van der Waals surface area contributed by atoms with Crippen LogP contribution in [0.4, 0.5) is 0 Å². The molecule has 2 rings (SSSR count). The molecule has 2 aromatic rings. The number of thioether (sulfide) groups is 1. The van der Waals surface area contributed by atoms with E-state index in [4.69, 9.17) is 0 Å². The number of hydrogen-bond donors (Lipinski definition) is 2. The van der Waals surface area contributed by atoms with Crippen molar-refractivity contribution in [1.82, 2.24) is 5.32 Å². The van der Waals surface area contributed by atoms with Crippen molar-refractivity contribution in [2.45, 2.75) is 12.5 Å². The highest BCUT2D eigenvalue weighted by Gasteiger charge is 2.11. The number of fused-ring (bicyclic) bond motifs is 1. The minimum absolute atomic E-state index is 0.107. The molecule has 0 saturated heterocycles. The van der Waals surface area contributed by atoms with Gasteiger partial charge in [0.15, 0.2) is 0 Å². The normalized spacial score (nSPS) is 12.5. The molecule has 0 radical (unpaired) electrons. The molecule has 2 N–H and O–H groups in total. The zero-order valence-corrected chi connectivity index (χ0v) is 12.4. The van der Waals surface area contributed by atoms with E-state index in [0.29, 0.717) is 17.8 Å². The third-order valence-electron chi connectivity index (χ3n) is 2.80. The first-order chi connectivity index (χ1) is 9.20. The number of aliphatic hydroxyl groups is 1. The standard InChI is InChI=1S/C14H17NO2S2/c1-18-7-6-11(16)9-15-14(17)13-8-10-4-2-3-5-12(10)19-13/h2-5,8,11,16H,6-7,9H2,1H3,(H,15,17). The van der Waals surface area contributed by atoms with Crippen LogP contribution in [0, 0.1) is 0 Å². The van der Waals surface area contributed by atoms with Gasteiger partial charge >= 0.3 is 0 Å². The van der Waals surface area contributed by atoms with Crippen molar-refractivity contribution in [3.8, 4) is 0 Å². The summed E-state index contributed by atoms with van der Waals surface area (Å²) in [4.78, 5) is 12.7. The van der Waals surface area contributed by atoms with Crippen molar-refractivity contribution in [3.63, 3.8) is 0 Å². The molecular formula is C14H17NO2S2. The first kappa shape index (κ1) is 14.4. The van der Waals surface area contributed by atoms with E-state index in [2.05, 4.69) is 5.32 Å². The largest absolute Gasteiger partial charge is 0.391 e. The zero-order chi connectivity index (χ0) is 13.7. The van der Waals surface area contributed by atoms with Crippen molar-refractivity contribution >= 4 is 39.1 Å². The Labute approximate surface area is 121 Å². The summed E-state index contributed by atoms with van der Waals surface area (Å²) in [6.07, 6.45) is 2.24. The maximum atomic E-state index is 12.0. The highest BCUT2D eigenvalue weighted by atomic mass is 32.2. The molecule has 0 aliphatic carbocycles. The SMILES string of the molecule is CSCCC(O)CNC(=O)c1cc2ccccc2s1. The van der Waals surface area contributed by atoms with Crippen molar-refractivity contribution in [2.24, 2.45) is 0 Å². The molecule has 3 nitrogen and oxygen atoms in total. The number of hydrogen-bond acceptors (Lipinski definition) is 4. The lowest BCUT2D eigenvalue weighted by atomic mass is 10.2. The maximum Gasteiger partial charge on any atom is 0.261 e. The molecule has 1 aromatic heterocycles. The molecular weight excluding hydrogens is 278 g/mol. The van der Waals surface area contributed by atoms with Crippen LogP contribution >= 0.6 is 23.1 Å². The van der Waals surface area contributed by atoms with Gasteiger partial charge in [-0.3, -0.25) is 4.79 Å².